The van der Waals surface area contributed by atoms with Crippen LogP contribution < -0.4 is 10.1 Å². The lowest BCUT2D eigenvalue weighted by molar-refractivity contribution is -0.123. The zero-order valence-electron chi connectivity index (χ0n) is 13.9. The zero-order chi connectivity index (χ0) is 16.3. The van der Waals surface area contributed by atoms with E-state index in [4.69, 9.17) is 4.74 Å². The molecule has 0 saturated heterocycles. The predicted molar refractivity (Wildman–Crippen MR) is 89.4 cm³/mol. The molecule has 2 N–H and O–H groups in total. The normalized spacial score (nSPS) is 25.7. The van der Waals surface area contributed by atoms with Crippen LogP contribution in [-0.2, 0) is 10.2 Å². The van der Waals surface area contributed by atoms with Crippen molar-refractivity contribution in [2.24, 2.45) is 11.8 Å². The van der Waals surface area contributed by atoms with Crippen LogP contribution in [0.4, 0.5) is 0 Å². The summed E-state index contributed by atoms with van der Waals surface area (Å²) in [6.45, 7) is 1.00. The second kappa shape index (κ2) is 6.91. The number of aliphatic hydroxyl groups excluding tert-OH is 1. The Morgan fingerprint density at radius 3 is 2.74 bits per heavy atom. The van der Waals surface area contributed by atoms with Crippen molar-refractivity contribution in [3.8, 4) is 5.75 Å². The van der Waals surface area contributed by atoms with Crippen molar-refractivity contribution in [2.45, 2.75) is 43.9 Å². The van der Waals surface area contributed by atoms with Crippen molar-refractivity contribution in [2.75, 3.05) is 20.3 Å². The molecule has 0 bridgehead atoms. The molecule has 3 rings (SSSR count). The number of carbonyl (C=O) groups excluding carboxylic acids is 1. The summed E-state index contributed by atoms with van der Waals surface area (Å²) in [5.74, 6) is 1.85. The molecule has 1 aromatic rings. The molecule has 1 amide bonds. The number of para-hydroxylation sites is 1. The molecular formula is C19H27NO3. The monoisotopic (exact) mass is 317 g/mol. The third-order valence-electron chi connectivity index (χ3n) is 5.51. The van der Waals surface area contributed by atoms with Crippen LogP contribution in [0.5, 0.6) is 5.75 Å². The fraction of sp³-hybridized carbons (Fsp3) is 0.632. The molecule has 2 fully saturated rings. The Kier molecular flexibility index (Phi) is 4.90. The molecule has 4 heteroatoms. The van der Waals surface area contributed by atoms with Crippen molar-refractivity contribution in [1.29, 1.82) is 0 Å². The van der Waals surface area contributed by atoms with Gasteiger partial charge in [-0.3, -0.25) is 4.79 Å². The number of benzene rings is 1. The molecule has 0 heterocycles. The fourth-order valence-corrected chi connectivity index (χ4v) is 3.94. The maximum absolute atomic E-state index is 12.8. The summed E-state index contributed by atoms with van der Waals surface area (Å²) in [6, 6.07) is 7.84. The Labute approximate surface area is 138 Å². The van der Waals surface area contributed by atoms with Gasteiger partial charge in [-0.2, -0.15) is 0 Å². The first-order chi connectivity index (χ1) is 11.2. The van der Waals surface area contributed by atoms with E-state index in [0.29, 0.717) is 11.8 Å². The summed E-state index contributed by atoms with van der Waals surface area (Å²) in [5.41, 5.74) is 0.620. The molecule has 0 unspecified atom stereocenters. The van der Waals surface area contributed by atoms with Crippen LogP contribution in [0.25, 0.3) is 0 Å². The minimum absolute atomic E-state index is 0.133. The van der Waals surface area contributed by atoms with Gasteiger partial charge in [0.2, 0.25) is 5.91 Å². The summed E-state index contributed by atoms with van der Waals surface area (Å²) >= 11 is 0. The van der Waals surface area contributed by atoms with Gasteiger partial charge in [0.25, 0.3) is 0 Å². The second-order valence-corrected chi connectivity index (χ2v) is 7.07. The Hall–Kier alpha value is -1.55. The molecule has 2 saturated carbocycles. The standard InChI is InChI=1S/C19H27NO3/c1-23-17-8-3-2-7-16(17)19(9-10-19)18(22)20-12-14-5-4-6-15(11-14)13-21/h2-3,7-8,14-15,21H,4-6,9-13H2,1H3,(H,20,22)/t14-,15+/m0/s1. The number of amides is 1. The highest BCUT2D eigenvalue weighted by Crippen LogP contribution is 2.51. The minimum atomic E-state index is -0.391. The SMILES string of the molecule is COc1ccccc1C1(C(=O)NC[C@H]2CCC[C@@H](CO)C2)CC1. The van der Waals surface area contributed by atoms with E-state index < -0.39 is 5.41 Å². The van der Waals surface area contributed by atoms with E-state index in [1.807, 2.05) is 24.3 Å². The van der Waals surface area contributed by atoms with Crippen molar-refractivity contribution >= 4 is 5.91 Å². The van der Waals surface area contributed by atoms with Crippen LogP contribution in [0.2, 0.25) is 0 Å². The molecule has 0 aromatic heterocycles. The third-order valence-corrected chi connectivity index (χ3v) is 5.51. The van der Waals surface area contributed by atoms with E-state index >= 15 is 0 Å². The quantitative estimate of drug-likeness (QED) is 0.848. The number of carbonyl (C=O) groups is 1. The van der Waals surface area contributed by atoms with Gasteiger partial charge >= 0.3 is 0 Å². The topological polar surface area (TPSA) is 58.6 Å². The fourth-order valence-electron chi connectivity index (χ4n) is 3.94. The Balaban J connectivity index is 1.62. The number of nitrogens with one attached hydrogen (secondary N) is 1. The van der Waals surface area contributed by atoms with E-state index in [1.165, 1.54) is 0 Å². The average molecular weight is 317 g/mol. The lowest BCUT2D eigenvalue weighted by atomic mass is 9.81. The van der Waals surface area contributed by atoms with Gasteiger partial charge < -0.3 is 15.2 Å². The molecule has 2 aliphatic carbocycles. The maximum atomic E-state index is 12.8. The molecule has 0 aliphatic heterocycles. The first kappa shape index (κ1) is 16.3. The molecule has 126 valence electrons. The van der Waals surface area contributed by atoms with Crippen molar-refractivity contribution < 1.29 is 14.6 Å². The Bertz CT molecular complexity index is 553. The first-order valence-electron chi connectivity index (χ1n) is 8.72. The number of hydrogen-bond donors (Lipinski definition) is 2. The van der Waals surface area contributed by atoms with Gasteiger partial charge in [-0.05, 0) is 50.0 Å². The van der Waals surface area contributed by atoms with Crippen LogP contribution in [0.15, 0.2) is 24.3 Å². The van der Waals surface area contributed by atoms with E-state index in [-0.39, 0.29) is 12.5 Å². The van der Waals surface area contributed by atoms with Crippen LogP contribution in [0, 0.1) is 11.8 Å². The van der Waals surface area contributed by atoms with Gasteiger partial charge in [-0.1, -0.05) is 24.6 Å². The Morgan fingerprint density at radius 1 is 1.30 bits per heavy atom. The third kappa shape index (κ3) is 3.37. The number of rotatable bonds is 6. The Morgan fingerprint density at radius 2 is 2.04 bits per heavy atom. The highest BCUT2D eigenvalue weighted by molar-refractivity contribution is 5.92. The smallest absolute Gasteiger partial charge is 0.230 e. The largest absolute Gasteiger partial charge is 0.496 e. The number of hydrogen-bond acceptors (Lipinski definition) is 3. The van der Waals surface area contributed by atoms with Crippen molar-refractivity contribution in [1.82, 2.24) is 5.32 Å². The molecule has 2 atom stereocenters. The molecule has 1 aromatic carbocycles. The number of ether oxygens (including phenoxy) is 1. The molecular weight excluding hydrogens is 290 g/mol. The van der Waals surface area contributed by atoms with Crippen molar-refractivity contribution in [3.05, 3.63) is 29.8 Å². The van der Waals surface area contributed by atoms with Gasteiger partial charge in [0.15, 0.2) is 0 Å². The van der Waals surface area contributed by atoms with Gasteiger partial charge in [-0.25, -0.2) is 0 Å². The summed E-state index contributed by atoms with van der Waals surface area (Å²) in [7, 11) is 1.66. The number of aliphatic hydroxyl groups is 1. The molecule has 0 spiro atoms. The second-order valence-electron chi connectivity index (χ2n) is 7.07. The molecule has 2 aliphatic rings. The molecule has 0 radical (unpaired) electrons. The highest BCUT2D eigenvalue weighted by Gasteiger charge is 2.52. The predicted octanol–water partition coefficient (Wildman–Crippen LogP) is 2.64. The van der Waals surface area contributed by atoms with Gasteiger partial charge in [0, 0.05) is 18.7 Å². The minimum Gasteiger partial charge on any atom is -0.496 e. The lowest BCUT2D eigenvalue weighted by Crippen LogP contribution is -2.39. The average Bonchev–Trinajstić information content (AvgIpc) is 3.41. The summed E-state index contributed by atoms with van der Waals surface area (Å²) in [4.78, 5) is 12.8. The van der Waals surface area contributed by atoms with Gasteiger partial charge in [0.1, 0.15) is 5.75 Å². The molecule has 4 nitrogen and oxygen atoms in total. The molecule has 23 heavy (non-hydrogen) atoms. The van der Waals surface area contributed by atoms with Crippen LogP contribution >= 0.6 is 0 Å². The highest BCUT2D eigenvalue weighted by atomic mass is 16.5. The van der Waals surface area contributed by atoms with Gasteiger partial charge in [0.05, 0.1) is 12.5 Å². The zero-order valence-corrected chi connectivity index (χ0v) is 13.9. The summed E-state index contributed by atoms with van der Waals surface area (Å²) < 4.78 is 5.44. The van der Waals surface area contributed by atoms with Gasteiger partial charge in [-0.15, -0.1) is 0 Å². The van der Waals surface area contributed by atoms with E-state index in [0.717, 1.165) is 56.4 Å². The van der Waals surface area contributed by atoms with E-state index in [2.05, 4.69) is 5.32 Å². The number of methoxy groups -OCH3 is 1. The summed E-state index contributed by atoms with van der Waals surface area (Å²) in [6.07, 6.45) is 6.23. The summed E-state index contributed by atoms with van der Waals surface area (Å²) in [5, 5.41) is 12.5. The maximum Gasteiger partial charge on any atom is 0.230 e. The lowest BCUT2D eigenvalue weighted by Gasteiger charge is -2.28. The van der Waals surface area contributed by atoms with E-state index in [1.54, 1.807) is 7.11 Å². The van der Waals surface area contributed by atoms with Crippen LogP contribution in [0.3, 0.4) is 0 Å². The van der Waals surface area contributed by atoms with Crippen LogP contribution in [0.1, 0.15) is 44.1 Å². The first-order valence-corrected chi connectivity index (χ1v) is 8.72. The van der Waals surface area contributed by atoms with Crippen LogP contribution in [-0.4, -0.2) is 31.3 Å². The van der Waals surface area contributed by atoms with E-state index in [9.17, 15) is 9.90 Å². The van der Waals surface area contributed by atoms with Crippen molar-refractivity contribution in [3.63, 3.8) is 0 Å².